The van der Waals surface area contributed by atoms with Crippen molar-refractivity contribution in [3.8, 4) is 5.75 Å². The number of aryl methyl sites for hydroxylation is 1. The van der Waals surface area contributed by atoms with Gasteiger partial charge in [0.25, 0.3) is 0 Å². The molecule has 5 nitrogen and oxygen atoms in total. The minimum absolute atomic E-state index is 0.200. The van der Waals surface area contributed by atoms with Gasteiger partial charge in [-0.1, -0.05) is 48.0 Å². The van der Waals surface area contributed by atoms with Crippen LogP contribution in [0.5, 0.6) is 5.75 Å². The summed E-state index contributed by atoms with van der Waals surface area (Å²) in [5, 5.41) is 11.5. The summed E-state index contributed by atoms with van der Waals surface area (Å²) in [7, 11) is 0. The van der Waals surface area contributed by atoms with Crippen LogP contribution in [0.1, 0.15) is 23.6 Å². The lowest BCUT2D eigenvalue weighted by Gasteiger charge is -2.10. The van der Waals surface area contributed by atoms with Gasteiger partial charge >= 0.3 is 5.97 Å². The Labute approximate surface area is 140 Å². The summed E-state index contributed by atoms with van der Waals surface area (Å²) < 4.78 is 5.80. The van der Waals surface area contributed by atoms with Crippen LogP contribution < -0.4 is 10.1 Å². The van der Waals surface area contributed by atoms with E-state index in [1.165, 1.54) is 18.6 Å². The molecule has 0 atom stereocenters. The molecule has 0 radical (unpaired) electrons. The van der Waals surface area contributed by atoms with Crippen LogP contribution in [-0.2, 0) is 16.2 Å². The standard InChI is InChI=1S/C19H19NO4/c1-13-7-9-15(10-8-13)12-24-18-6-4-3-5-16(18)11-17(19(22)23)20-14(2)21/h3-11H,12H2,1-2H3,(H,20,21)(H,22,23). The maximum atomic E-state index is 11.2. The molecule has 0 aliphatic carbocycles. The summed E-state index contributed by atoms with van der Waals surface area (Å²) in [4.78, 5) is 22.4. The van der Waals surface area contributed by atoms with Gasteiger partial charge < -0.3 is 15.2 Å². The summed E-state index contributed by atoms with van der Waals surface area (Å²) in [5.74, 6) is -1.11. The van der Waals surface area contributed by atoms with E-state index < -0.39 is 11.9 Å². The smallest absolute Gasteiger partial charge is 0.352 e. The van der Waals surface area contributed by atoms with Gasteiger partial charge in [0.2, 0.25) is 5.91 Å². The van der Waals surface area contributed by atoms with Gasteiger partial charge in [0.1, 0.15) is 18.1 Å². The van der Waals surface area contributed by atoms with Gasteiger partial charge in [-0.2, -0.15) is 0 Å². The molecule has 0 unspecified atom stereocenters. The summed E-state index contributed by atoms with van der Waals surface area (Å²) in [5.41, 5.74) is 2.56. The second-order valence-corrected chi connectivity index (χ2v) is 5.36. The van der Waals surface area contributed by atoms with Gasteiger partial charge in [-0.25, -0.2) is 4.79 Å². The highest BCUT2D eigenvalue weighted by Crippen LogP contribution is 2.22. The molecule has 2 rings (SSSR count). The van der Waals surface area contributed by atoms with Crippen molar-refractivity contribution in [2.45, 2.75) is 20.5 Å². The molecule has 0 aliphatic rings. The first-order valence-electron chi connectivity index (χ1n) is 7.45. The zero-order valence-corrected chi connectivity index (χ0v) is 13.6. The topological polar surface area (TPSA) is 75.6 Å². The number of benzene rings is 2. The van der Waals surface area contributed by atoms with Crippen molar-refractivity contribution in [3.05, 3.63) is 70.9 Å². The molecule has 24 heavy (non-hydrogen) atoms. The number of carboxylic acids is 1. The number of carbonyl (C=O) groups is 2. The lowest BCUT2D eigenvalue weighted by Crippen LogP contribution is -2.24. The third-order valence-electron chi connectivity index (χ3n) is 3.27. The van der Waals surface area contributed by atoms with Crippen molar-refractivity contribution in [1.82, 2.24) is 5.32 Å². The van der Waals surface area contributed by atoms with E-state index in [9.17, 15) is 14.7 Å². The molecule has 0 heterocycles. The Balaban J connectivity index is 2.21. The van der Waals surface area contributed by atoms with Crippen molar-refractivity contribution in [2.75, 3.05) is 0 Å². The summed E-state index contributed by atoms with van der Waals surface area (Å²) in [6.07, 6.45) is 1.38. The molecule has 5 heteroatoms. The minimum atomic E-state index is -1.21. The Kier molecular flexibility index (Phi) is 5.73. The maximum absolute atomic E-state index is 11.2. The molecule has 0 spiro atoms. The van der Waals surface area contributed by atoms with E-state index in [-0.39, 0.29) is 5.70 Å². The van der Waals surface area contributed by atoms with Crippen LogP contribution in [0.3, 0.4) is 0 Å². The van der Waals surface area contributed by atoms with Crippen LogP contribution in [0.4, 0.5) is 0 Å². The van der Waals surface area contributed by atoms with Crippen molar-refractivity contribution < 1.29 is 19.4 Å². The van der Waals surface area contributed by atoms with Crippen LogP contribution in [0.25, 0.3) is 6.08 Å². The Hall–Kier alpha value is -3.08. The van der Waals surface area contributed by atoms with E-state index in [4.69, 9.17) is 4.74 Å². The lowest BCUT2D eigenvalue weighted by atomic mass is 10.1. The van der Waals surface area contributed by atoms with Crippen LogP contribution in [0.2, 0.25) is 0 Å². The van der Waals surface area contributed by atoms with Gasteiger partial charge in [-0.3, -0.25) is 4.79 Å². The number of ether oxygens (including phenoxy) is 1. The SMILES string of the molecule is CC(=O)NC(=Cc1ccccc1OCc1ccc(C)cc1)C(=O)O. The second-order valence-electron chi connectivity index (χ2n) is 5.36. The van der Waals surface area contributed by atoms with Crippen molar-refractivity contribution in [1.29, 1.82) is 0 Å². The summed E-state index contributed by atoms with van der Waals surface area (Å²) in [6, 6.07) is 15.0. The summed E-state index contributed by atoms with van der Waals surface area (Å²) in [6.45, 7) is 3.64. The Bertz CT molecular complexity index is 763. The van der Waals surface area contributed by atoms with Crippen LogP contribution >= 0.6 is 0 Å². The molecule has 124 valence electrons. The first-order chi connectivity index (χ1) is 11.5. The van der Waals surface area contributed by atoms with Crippen LogP contribution in [0.15, 0.2) is 54.2 Å². The fourth-order valence-corrected chi connectivity index (χ4v) is 2.07. The van der Waals surface area contributed by atoms with Crippen LogP contribution in [0, 0.1) is 6.92 Å². The van der Waals surface area contributed by atoms with Gasteiger partial charge in [0.05, 0.1) is 0 Å². The van der Waals surface area contributed by atoms with E-state index in [1.807, 2.05) is 31.2 Å². The number of hydrogen-bond acceptors (Lipinski definition) is 3. The summed E-state index contributed by atoms with van der Waals surface area (Å²) >= 11 is 0. The molecule has 0 bridgehead atoms. The molecular weight excluding hydrogens is 306 g/mol. The van der Waals surface area contributed by atoms with Gasteiger partial charge in [-0.15, -0.1) is 0 Å². The second kappa shape index (κ2) is 7.97. The van der Waals surface area contributed by atoms with Gasteiger partial charge in [-0.05, 0) is 24.6 Å². The molecule has 0 aromatic heterocycles. The van der Waals surface area contributed by atoms with Crippen molar-refractivity contribution >= 4 is 18.0 Å². The number of nitrogens with one attached hydrogen (secondary N) is 1. The Morgan fingerprint density at radius 3 is 2.42 bits per heavy atom. The number of para-hydroxylation sites is 1. The number of hydrogen-bond donors (Lipinski definition) is 2. The molecule has 1 amide bonds. The van der Waals surface area contributed by atoms with Crippen LogP contribution in [-0.4, -0.2) is 17.0 Å². The first kappa shape index (κ1) is 17.3. The molecule has 0 fully saturated rings. The minimum Gasteiger partial charge on any atom is -0.488 e. The van der Waals surface area contributed by atoms with Gasteiger partial charge in [0, 0.05) is 12.5 Å². The highest BCUT2D eigenvalue weighted by atomic mass is 16.5. The molecule has 0 saturated carbocycles. The zero-order chi connectivity index (χ0) is 17.5. The third-order valence-corrected chi connectivity index (χ3v) is 3.27. The molecule has 2 aromatic rings. The number of amides is 1. The lowest BCUT2D eigenvalue weighted by molar-refractivity contribution is -0.134. The number of carbonyl (C=O) groups excluding carboxylic acids is 1. The monoisotopic (exact) mass is 325 g/mol. The van der Waals surface area contributed by atoms with E-state index in [0.29, 0.717) is 17.9 Å². The Morgan fingerprint density at radius 1 is 1.12 bits per heavy atom. The number of carboxylic acid groups (broad SMARTS) is 1. The average molecular weight is 325 g/mol. The fraction of sp³-hybridized carbons (Fsp3) is 0.158. The average Bonchev–Trinajstić information content (AvgIpc) is 2.54. The number of aliphatic carboxylic acids is 1. The Morgan fingerprint density at radius 2 is 1.79 bits per heavy atom. The van der Waals surface area contributed by atoms with E-state index in [2.05, 4.69) is 5.32 Å². The predicted octanol–water partition coefficient (Wildman–Crippen LogP) is 3.14. The predicted molar refractivity (Wildman–Crippen MR) is 91.4 cm³/mol. The number of rotatable bonds is 6. The van der Waals surface area contributed by atoms with E-state index >= 15 is 0 Å². The molecule has 0 saturated heterocycles. The fourth-order valence-electron chi connectivity index (χ4n) is 2.07. The molecule has 2 aromatic carbocycles. The first-order valence-corrected chi connectivity index (χ1v) is 7.45. The highest BCUT2D eigenvalue weighted by molar-refractivity contribution is 5.96. The van der Waals surface area contributed by atoms with Crippen molar-refractivity contribution in [3.63, 3.8) is 0 Å². The molecule has 2 N–H and O–H groups in total. The largest absolute Gasteiger partial charge is 0.488 e. The van der Waals surface area contributed by atoms with Gasteiger partial charge in [0.15, 0.2) is 0 Å². The van der Waals surface area contributed by atoms with E-state index in [1.54, 1.807) is 24.3 Å². The third kappa shape index (κ3) is 4.98. The highest BCUT2D eigenvalue weighted by Gasteiger charge is 2.11. The van der Waals surface area contributed by atoms with Crippen molar-refractivity contribution in [2.24, 2.45) is 0 Å². The molecule has 0 aliphatic heterocycles. The zero-order valence-electron chi connectivity index (χ0n) is 13.6. The maximum Gasteiger partial charge on any atom is 0.352 e. The van der Waals surface area contributed by atoms with E-state index in [0.717, 1.165) is 5.56 Å². The molecular formula is C19H19NO4. The normalized spacial score (nSPS) is 11.0. The quantitative estimate of drug-likeness (QED) is 0.800.